The Morgan fingerprint density at radius 3 is 2.14 bits per heavy atom. The molecule has 0 radical (unpaired) electrons. The van der Waals surface area contributed by atoms with Gasteiger partial charge in [0.25, 0.3) is 5.00 Å². The number of hydrogen-bond donors (Lipinski definition) is 0. The molecule has 0 saturated carbocycles. The molecule has 0 saturated heterocycles. The fraction of sp³-hybridized carbons (Fsp3) is 0.143. The van der Waals surface area contributed by atoms with Gasteiger partial charge in [0.2, 0.25) is 0 Å². The monoisotopic (exact) mass is 362 g/mol. The van der Waals surface area contributed by atoms with Crippen molar-refractivity contribution in [2.75, 3.05) is 0 Å². The maximum atomic E-state index is 15.0. The van der Waals surface area contributed by atoms with E-state index in [1.165, 1.54) is 42.6 Å². The second kappa shape index (κ2) is 5.44. The number of benzene rings is 1. The molecule has 1 aromatic heterocycles. The summed E-state index contributed by atoms with van der Waals surface area (Å²) in [6.45, 7) is 0. The summed E-state index contributed by atoms with van der Waals surface area (Å²) in [6.07, 6.45) is 1.29. The molecule has 1 aliphatic heterocycles. The lowest BCUT2D eigenvalue weighted by atomic mass is 10.1. The Balaban J connectivity index is 1.99. The average Bonchev–Trinajstić information content (AvgIpc) is 2.71. The fourth-order valence-electron chi connectivity index (χ4n) is 1.93. The topological polar surface area (TPSA) is 25.2 Å². The number of thioether (sulfide) groups is 1. The third-order valence-corrected chi connectivity index (χ3v) is 4.76. The molecule has 1 aromatic carbocycles. The number of nitrogens with zero attached hydrogens (tertiary/aromatic N) is 2. The molecule has 3 rings (SSSR count). The molecule has 114 valence electrons. The summed E-state index contributed by atoms with van der Waals surface area (Å²) in [5.74, 6) is 0. The van der Waals surface area contributed by atoms with Gasteiger partial charge >= 0.3 is 6.05 Å². The van der Waals surface area contributed by atoms with Gasteiger partial charge in [-0.2, -0.15) is 8.78 Å². The average molecular weight is 363 g/mol. The van der Waals surface area contributed by atoms with Crippen LogP contribution in [0.4, 0.5) is 13.2 Å². The molecule has 1 unspecified atom stereocenters. The molecule has 2 nitrogen and oxygen atoms in total. The van der Waals surface area contributed by atoms with E-state index in [-0.39, 0.29) is 16.3 Å². The van der Waals surface area contributed by atoms with Crippen LogP contribution in [-0.4, -0.2) is 16.1 Å². The van der Waals surface area contributed by atoms with Crippen LogP contribution in [0.15, 0.2) is 47.6 Å². The Labute approximate surface area is 138 Å². The first-order chi connectivity index (χ1) is 10.3. The highest BCUT2D eigenvalue weighted by molar-refractivity contribution is 8.15. The number of hydrogen-bond acceptors (Lipinski definition) is 3. The number of halogens is 5. The lowest BCUT2D eigenvalue weighted by Crippen LogP contribution is -2.33. The smallest absolute Gasteiger partial charge is 0.253 e. The summed E-state index contributed by atoms with van der Waals surface area (Å²) in [6, 6.07) is 4.13. The number of aliphatic imine (C=N–C) groups is 1. The lowest BCUT2D eigenvalue weighted by Gasteiger charge is -2.24. The van der Waals surface area contributed by atoms with Crippen molar-refractivity contribution in [1.29, 1.82) is 0 Å². The number of pyridine rings is 1. The van der Waals surface area contributed by atoms with E-state index in [4.69, 9.17) is 23.2 Å². The van der Waals surface area contributed by atoms with Gasteiger partial charge < -0.3 is 0 Å². The molecule has 1 aliphatic rings. The van der Waals surface area contributed by atoms with E-state index < -0.39 is 11.0 Å². The molecule has 8 heteroatoms. The van der Waals surface area contributed by atoms with Gasteiger partial charge in [0.05, 0.1) is 10.7 Å². The largest absolute Gasteiger partial charge is 0.391 e. The van der Waals surface area contributed by atoms with Crippen LogP contribution in [0, 0.1) is 0 Å². The maximum absolute atomic E-state index is 15.0. The van der Waals surface area contributed by atoms with Crippen molar-refractivity contribution in [2.45, 2.75) is 11.0 Å². The minimum Gasteiger partial charge on any atom is -0.253 e. The Morgan fingerprint density at radius 2 is 1.55 bits per heavy atom. The Kier molecular flexibility index (Phi) is 3.87. The first kappa shape index (κ1) is 15.6. The molecule has 22 heavy (non-hydrogen) atoms. The molecule has 0 fully saturated rings. The van der Waals surface area contributed by atoms with Gasteiger partial charge in [-0.15, -0.1) is 0 Å². The van der Waals surface area contributed by atoms with Gasteiger partial charge in [0, 0.05) is 16.8 Å². The Bertz CT molecular complexity index is 735. The maximum Gasteiger partial charge on any atom is 0.391 e. The molecule has 0 spiro atoms. The summed E-state index contributed by atoms with van der Waals surface area (Å²) >= 11 is 11.7. The third kappa shape index (κ3) is 2.59. The van der Waals surface area contributed by atoms with Crippen LogP contribution < -0.4 is 0 Å². The van der Waals surface area contributed by atoms with Crippen molar-refractivity contribution in [3.05, 3.63) is 63.9 Å². The van der Waals surface area contributed by atoms with Crippen molar-refractivity contribution < 1.29 is 13.2 Å². The van der Waals surface area contributed by atoms with E-state index in [9.17, 15) is 13.2 Å². The number of aromatic nitrogens is 1. The van der Waals surface area contributed by atoms with Gasteiger partial charge in [0.1, 0.15) is 5.04 Å². The van der Waals surface area contributed by atoms with Crippen molar-refractivity contribution in [3.63, 3.8) is 0 Å². The molecular formula is C14H7Cl2F3N2S. The first-order valence-corrected chi connectivity index (χ1v) is 7.63. The number of rotatable bonds is 2. The van der Waals surface area contributed by atoms with Gasteiger partial charge in [-0.25, -0.2) is 9.38 Å². The van der Waals surface area contributed by atoms with Crippen LogP contribution >= 0.6 is 35.0 Å². The van der Waals surface area contributed by atoms with Crippen molar-refractivity contribution in [3.8, 4) is 0 Å². The van der Waals surface area contributed by atoms with Crippen molar-refractivity contribution in [1.82, 2.24) is 4.98 Å². The van der Waals surface area contributed by atoms with Crippen LogP contribution in [0.1, 0.15) is 11.3 Å². The highest BCUT2D eigenvalue weighted by atomic mass is 35.5. The van der Waals surface area contributed by atoms with E-state index >= 15 is 0 Å². The summed E-state index contributed by atoms with van der Waals surface area (Å²) < 4.78 is 43.2. The van der Waals surface area contributed by atoms with Crippen LogP contribution in [0.3, 0.4) is 0 Å². The predicted molar refractivity (Wildman–Crippen MR) is 82.6 cm³/mol. The van der Waals surface area contributed by atoms with E-state index in [1.807, 2.05) is 0 Å². The van der Waals surface area contributed by atoms with Crippen molar-refractivity contribution in [2.24, 2.45) is 4.99 Å². The van der Waals surface area contributed by atoms with Gasteiger partial charge in [0.15, 0.2) is 0 Å². The fourth-order valence-corrected chi connectivity index (χ4v) is 3.24. The standard InChI is InChI=1S/C14H7Cl2F3N2S/c15-9-3-1-8(2-4-9)13(17)14(18,19)21-12(22-13)11-6-5-10(16)7-20-11/h1-7H. The molecular weight excluding hydrogens is 356 g/mol. The third-order valence-electron chi connectivity index (χ3n) is 3.03. The molecule has 2 heterocycles. The molecule has 0 bridgehead atoms. The van der Waals surface area contributed by atoms with Gasteiger partial charge in [-0.05, 0) is 24.3 Å². The van der Waals surface area contributed by atoms with Crippen LogP contribution in [0.2, 0.25) is 10.0 Å². The van der Waals surface area contributed by atoms with Crippen LogP contribution in [0.5, 0.6) is 0 Å². The summed E-state index contributed by atoms with van der Waals surface area (Å²) in [7, 11) is 0. The summed E-state index contributed by atoms with van der Waals surface area (Å²) in [5.41, 5.74) is -0.0674. The minimum absolute atomic E-state index is 0.141. The molecule has 2 aromatic rings. The SMILES string of the molecule is FC1(F)N=C(c2ccc(Cl)cn2)SC1(F)c1ccc(Cl)cc1. The molecule has 0 N–H and O–H groups in total. The zero-order valence-corrected chi connectivity index (χ0v) is 13.1. The van der Waals surface area contributed by atoms with Crippen LogP contribution in [-0.2, 0) is 5.00 Å². The second-order valence-electron chi connectivity index (χ2n) is 4.52. The van der Waals surface area contributed by atoms with Gasteiger partial charge in [-0.3, -0.25) is 4.98 Å². The molecule has 0 amide bonds. The van der Waals surface area contributed by atoms with Crippen molar-refractivity contribution >= 4 is 40.0 Å². The Morgan fingerprint density at radius 1 is 0.909 bits per heavy atom. The highest BCUT2D eigenvalue weighted by Crippen LogP contribution is 2.56. The van der Waals surface area contributed by atoms with E-state index in [1.54, 1.807) is 0 Å². The predicted octanol–water partition coefficient (Wildman–Crippen LogP) is 5.30. The van der Waals surface area contributed by atoms with E-state index in [0.29, 0.717) is 21.8 Å². The van der Waals surface area contributed by atoms with Gasteiger partial charge in [-0.1, -0.05) is 47.1 Å². The number of alkyl halides is 3. The van der Waals surface area contributed by atoms with E-state index in [0.717, 1.165) is 0 Å². The quantitative estimate of drug-likeness (QED) is 0.677. The summed E-state index contributed by atoms with van der Waals surface area (Å²) in [5, 5.41) is -2.50. The van der Waals surface area contributed by atoms with Crippen LogP contribution in [0.25, 0.3) is 0 Å². The highest BCUT2D eigenvalue weighted by Gasteiger charge is 2.62. The molecule has 1 atom stereocenters. The second-order valence-corrected chi connectivity index (χ2v) is 6.55. The zero-order chi connectivity index (χ0) is 16.0. The summed E-state index contributed by atoms with van der Waals surface area (Å²) in [4.78, 5) is 7.10. The minimum atomic E-state index is -3.91. The van der Waals surface area contributed by atoms with E-state index in [2.05, 4.69) is 9.98 Å². The normalized spacial score (nSPS) is 23.4. The first-order valence-electron chi connectivity index (χ1n) is 6.05. The Hall–Kier alpha value is -1.24. The zero-order valence-electron chi connectivity index (χ0n) is 10.7. The molecule has 0 aliphatic carbocycles. The lowest BCUT2D eigenvalue weighted by molar-refractivity contribution is -0.0815.